The third-order valence-electron chi connectivity index (χ3n) is 2.28. The fourth-order valence-electron chi connectivity index (χ4n) is 0.988. The van der Waals surface area contributed by atoms with E-state index >= 15 is 0 Å². The van der Waals surface area contributed by atoms with E-state index in [1.54, 1.807) is 0 Å². The molecule has 0 saturated carbocycles. The Bertz CT molecular complexity index is 136. The Labute approximate surface area is 110 Å². The van der Waals surface area contributed by atoms with Gasteiger partial charge in [-0.3, -0.25) is 0 Å². The Morgan fingerprint density at radius 2 is 1.17 bits per heavy atom. The zero-order valence-corrected chi connectivity index (χ0v) is 11.6. The van der Waals surface area contributed by atoms with Gasteiger partial charge < -0.3 is 31.1 Å². The van der Waals surface area contributed by atoms with Crippen LogP contribution in [0.3, 0.4) is 0 Å². The number of aliphatic hydroxyl groups is 4. The summed E-state index contributed by atoms with van der Waals surface area (Å²) in [6.07, 6.45) is 0.961. The summed E-state index contributed by atoms with van der Waals surface area (Å²) < 4.78 is 0. The van der Waals surface area contributed by atoms with Crippen LogP contribution in [-0.2, 0) is 0 Å². The Kier molecular flexibility index (Phi) is 18.7. The molecule has 0 bridgehead atoms. The van der Waals surface area contributed by atoms with E-state index in [2.05, 4.69) is 10.6 Å². The van der Waals surface area contributed by atoms with Crippen molar-refractivity contribution in [1.82, 2.24) is 10.6 Å². The largest absolute Gasteiger partial charge is 0.395 e. The molecule has 0 aliphatic heterocycles. The van der Waals surface area contributed by atoms with Crippen LogP contribution >= 0.6 is 0 Å². The van der Waals surface area contributed by atoms with Gasteiger partial charge in [-0.25, -0.2) is 0 Å². The highest BCUT2D eigenvalue weighted by Crippen LogP contribution is 1.89. The van der Waals surface area contributed by atoms with E-state index in [1.807, 2.05) is 13.8 Å². The first-order chi connectivity index (χ1) is 8.62. The maximum atomic E-state index is 9.10. The summed E-state index contributed by atoms with van der Waals surface area (Å²) in [5.41, 5.74) is 0. The van der Waals surface area contributed by atoms with Crippen LogP contribution in [0.1, 0.15) is 26.7 Å². The SMILES string of the molecule is CCC(O)CNCC(O)CC.OCCNCCO. The van der Waals surface area contributed by atoms with E-state index in [0.29, 0.717) is 26.2 Å². The van der Waals surface area contributed by atoms with E-state index < -0.39 is 0 Å². The summed E-state index contributed by atoms with van der Waals surface area (Å²) in [7, 11) is 0. The van der Waals surface area contributed by atoms with Gasteiger partial charge in [0.15, 0.2) is 0 Å². The van der Waals surface area contributed by atoms with Crippen LogP contribution in [0.15, 0.2) is 0 Å². The van der Waals surface area contributed by atoms with E-state index in [0.717, 1.165) is 12.8 Å². The highest BCUT2D eigenvalue weighted by molar-refractivity contribution is 4.60. The second kappa shape index (κ2) is 16.8. The minimum absolute atomic E-state index is 0.139. The molecule has 2 unspecified atom stereocenters. The number of aliphatic hydroxyl groups excluding tert-OH is 4. The third kappa shape index (κ3) is 18.1. The standard InChI is InChI=1S/C8H19NO2.C4H11NO2/c1-3-7(10)5-9-6-8(11)4-2;6-3-1-5-2-4-7/h7-11H,3-6H2,1-2H3;5-7H,1-4H2. The second-order valence-corrected chi connectivity index (χ2v) is 3.98. The van der Waals surface area contributed by atoms with Crippen molar-refractivity contribution >= 4 is 0 Å². The molecule has 0 aromatic heterocycles. The minimum atomic E-state index is -0.279. The molecule has 0 radical (unpaired) electrons. The third-order valence-corrected chi connectivity index (χ3v) is 2.28. The van der Waals surface area contributed by atoms with Crippen molar-refractivity contribution in [3.05, 3.63) is 0 Å². The lowest BCUT2D eigenvalue weighted by atomic mass is 10.2. The van der Waals surface area contributed by atoms with Crippen molar-refractivity contribution in [1.29, 1.82) is 0 Å². The lowest BCUT2D eigenvalue weighted by Crippen LogP contribution is -2.32. The summed E-state index contributed by atoms with van der Waals surface area (Å²) in [6, 6.07) is 0. The molecular weight excluding hydrogens is 236 g/mol. The van der Waals surface area contributed by atoms with E-state index in [1.165, 1.54) is 0 Å². The topological polar surface area (TPSA) is 105 Å². The number of nitrogens with one attached hydrogen (secondary N) is 2. The van der Waals surface area contributed by atoms with Gasteiger partial charge in [0.1, 0.15) is 0 Å². The zero-order valence-electron chi connectivity index (χ0n) is 11.6. The van der Waals surface area contributed by atoms with E-state index in [-0.39, 0.29) is 25.4 Å². The summed E-state index contributed by atoms with van der Waals surface area (Å²) in [4.78, 5) is 0. The van der Waals surface area contributed by atoms with Crippen LogP contribution < -0.4 is 10.6 Å². The number of hydrogen-bond acceptors (Lipinski definition) is 6. The van der Waals surface area contributed by atoms with E-state index in [9.17, 15) is 0 Å². The molecule has 0 aromatic carbocycles. The Morgan fingerprint density at radius 1 is 0.778 bits per heavy atom. The highest BCUT2D eigenvalue weighted by Gasteiger charge is 2.02. The Hall–Kier alpha value is -0.240. The molecule has 0 amide bonds. The zero-order chi connectivity index (χ0) is 14.2. The molecule has 0 aromatic rings. The normalized spacial score (nSPS) is 13.7. The lowest BCUT2D eigenvalue weighted by Gasteiger charge is -2.11. The van der Waals surface area contributed by atoms with Gasteiger partial charge >= 0.3 is 0 Å². The van der Waals surface area contributed by atoms with Crippen molar-refractivity contribution in [2.75, 3.05) is 39.4 Å². The van der Waals surface area contributed by atoms with Gasteiger partial charge in [-0.05, 0) is 12.8 Å². The van der Waals surface area contributed by atoms with E-state index in [4.69, 9.17) is 20.4 Å². The Balaban J connectivity index is 0. The van der Waals surface area contributed by atoms with Crippen molar-refractivity contribution < 1.29 is 20.4 Å². The maximum Gasteiger partial charge on any atom is 0.0662 e. The molecular formula is C12H30N2O4. The van der Waals surface area contributed by atoms with Crippen LogP contribution in [0.5, 0.6) is 0 Å². The maximum absolute atomic E-state index is 9.10. The molecule has 2 atom stereocenters. The van der Waals surface area contributed by atoms with Crippen molar-refractivity contribution in [3.8, 4) is 0 Å². The predicted molar refractivity (Wildman–Crippen MR) is 72.5 cm³/mol. The molecule has 6 nitrogen and oxygen atoms in total. The van der Waals surface area contributed by atoms with Crippen molar-refractivity contribution in [3.63, 3.8) is 0 Å². The van der Waals surface area contributed by atoms with Gasteiger partial charge in [-0.2, -0.15) is 0 Å². The molecule has 0 aliphatic carbocycles. The van der Waals surface area contributed by atoms with Gasteiger partial charge in [-0.1, -0.05) is 13.8 Å². The minimum Gasteiger partial charge on any atom is -0.395 e. The molecule has 6 N–H and O–H groups in total. The van der Waals surface area contributed by atoms with Crippen LogP contribution in [0.4, 0.5) is 0 Å². The van der Waals surface area contributed by atoms with Crippen LogP contribution in [0, 0.1) is 0 Å². The first-order valence-corrected chi connectivity index (χ1v) is 6.61. The molecule has 0 rings (SSSR count). The fourth-order valence-corrected chi connectivity index (χ4v) is 0.988. The molecule has 112 valence electrons. The molecule has 18 heavy (non-hydrogen) atoms. The molecule has 6 heteroatoms. The van der Waals surface area contributed by atoms with Crippen LogP contribution in [0.2, 0.25) is 0 Å². The molecule has 0 spiro atoms. The average Bonchev–Trinajstić information content (AvgIpc) is 2.39. The van der Waals surface area contributed by atoms with Gasteiger partial charge in [-0.15, -0.1) is 0 Å². The Morgan fingerprint density at radius 3 is 1.44 bits per heavy atom. The monoisotopic (exact) mass is 266 g/mol. The molecule has 0 aliphatic rings. The lowest BCUT2D eigenvalue weighted by molar-refractivity contribution is 0.141. The van der Waals surface area contributed by atoms with Crippen LogP contribution in [0.25, 0.3) is 0 Å². The van der Waals surface area contributed by atoms with Gasteiger partial charge in [0, 0.05) is 26.2 Å². The summed E-state index contributed by atoms with van der Waals surface area (Å²) >= 11 is 0. The fraction of sp³-hybridized carbons (Fsp3) is 1.00. The van der Waals surface area contributed by atoms with Gasteiger partial charge in [0.2, 0.25) is 0 Å². The quantitative estimate of drug-likeness (QED) is 0.274. The number of hydrogen-bond donors (Lipinski definition) is 6. The predicted octanol–water partition coefficient (Wildman–Crippen LogP) is -1.32. The highest BCUT2D eigenvalue weighted by atomic mass is 16.3. The first-order valence-electron chi connectivity index (χ1n) is 6.61. The smallest absolute Gasteiger partial charge is 0.0662 e. The van der Waals surface area contributed by atoms with Gasteiger partial charge in [0.05, 0.1) is 25.4 Å². The summed E-state index contributed by atoms with van der Waals surface area (Å²) in [5.74, 6) is 0. The second-order valence-electron chi connectivity index (χ2n) is 3.98. The molecule has 0 heterocycles. The average molecular weight is 266 g/mol. The summed E-state index contributed by atoms with van der Waals surface area (Å²) in [6.45, 7) is 6.44. The van der Waals surface area contributed by atoms with Crippen LogP contribution in [-0.4, -0.2) is 72.0 Å². The molecule has 0 fully saturated rings. The molecule has 0 saturated heterocycles. The van der Waals surface area contributed by atoms with Gasteiger partial charge in [0.25, 0.3) is 0 Å². The van der Waals surface area contributed by atoms with Crippen molar-refractivity contribution in [2.45, 2.75) is 38.9 Å². The first kappa shape index (κ1) is 20.1. The number of rotatable bonds is 10. The van der Waals surface area contributed by atoms with Crippen molar-refractivity contribution in [2.24, 2.45) is 0 Å². The summed E-state index contributed by atoms with van der Waals surface area (Å²) in [5, 5.41) is 40.3.